The molecule has 5 heteroatoms. The Bertz CT molecular complexity index is 628. The molecule has 4 nitrogen and oxygen atoms in total. The van der Waals surface area contributed by atoms with E-state index in [-0.39, 0.29) is 5.91 Å². The number of carbonyl (C=O) groups is 1. The lowest BCUT2D eigenvalue weighted by Crippen LogP contribution is -2.45. The van der Waals surface area contributed by atoms with Gasteiger partial charge in [0.1, 0.15) is 0 Å². The summed E-state index contributed by atoms with van der Waals surface area (Å²) >= 11 is 1.70. The minimum atomic E-state index is 0.249. The number of carbonyl (C=O) groups excluding carboxylic acids is 1. The maximum atomic E-state index is 12.5. The highest BCUT2D eigenvalue weighted by atomic mass is 32.1. The summed E-state index contributed by atoms with van der Waals surface area (Å²) < 4.78 is 1.20. The monoisotopic (exact) mass is 331 g/mol. The number of likely N-dealkylation sites (tertiary alicyclic amines) is 1. The van der Waals surface area contributed by atoms with Gasteiger partial charge in [-0.3, -0.25) is 4.79 Å². The van der Waals surface area contributed by atoms with Gasteiger partial charge < -0.3 is 9.80 Å². The fourth-order valence-electron chi connectivity index (χ4n) is 3.24. The number of para-hydroxylation sites is 1. The van der Waals surface area contributed by atoms with E-state index in [1.807, 2.05) is 30.1 Å². The summed E-state index contributed by atoms with van der Waals surface area (Å²) in [5, 5.41) is 1.06. The van der Waals surface area contributed by atoms with Crippen molar-refractivity contribution in [1.29, 1.82) is 0 Å². The van der Waals surface area contributed by atoms with Crippen LogP contribution in [0.2, 0.25) is 0 Å². The lowest BCUT2D eigenvalue weighted by atomic mass is 10.0. The van der Waals surface area contributed by atoms with Gasteiger partial charge in [-0.25, -0.2) is 4.98 Å². The van der Waals surface area contributed by atoms with Gasteiger partial charge in [-0.05, 0) is 31.5 Å². The zero-order valence-corrected chi connectivity index (χ0v) is 14.8. The molecule has 1 aromatic heterocycles. The van der Waals surface area contributed by atoms with Crippen molar-refractivity contribution in [2.24, 2.45) is 0 Å². The molecular weight excluding hydrogens is 306 g/mol. The highest BCUT2D eigenvalue weighted by molar-refractivity contribution is 7.18. The van der Waals surface area contributed by atoms with Crippen LogP contribution in [-0.4, -0.2) is 53.4 Å². The Morgan fingerprint density at radius 3 is 2.78 bits per heavy atom. The van der Waals surface area contributed by atoms with Crippen LogP contribution in [0.4, 0.5) is 0 Å². The van der Waals surface area contributed by atoms with E-state index < -0.39 is 0 Å². The van der Waals surface area contributed by atoms with Crippen LogP contribution in [0.15, 0.2) is 24.3 Å². The van der Waals surface area contributed by atoms with Crippen LogP contribution in [0.1, 0.15) is 31.2 Å². The Kier molecular flexibility index (Phi) is 5.28. The number of piperidine rings is 1. The number of hydrogen-bond donors (Lipinski definition) is 0. The second kappa shape index (κ2) is 7.41. The molecule has 0 N–H and O–H groups in total. The molecule has 2 aromatic rings. The largest absolute Gasteiger partial charge is 0.343 e. The molecule has 1 amide bonds. The summed E-state index contributed by atoms with van der Waals surface area (Å²) in [5.74, 6) is 0.249. The van der Waals surface area contributed by atoms with Crippen LogP contribution in [0.3, 0.4) is 0 Å². The maximum Gasteiger partial charge on any atom is 0.222 e. The van der Waals surface area contributed by atoms with Gasteiger partial charge in [-0.15, -0.1) is 11.3 Å². The van der Waals surface area contributed by atoms with Crippen LogP contribution in [0.5, 0.6) is 0 Å². The SMILES string of the molecule is CCN1CCC(N(C)C(=O)CCc2nc3ccccc3s2)CC1. The van der Waals surface area contributed by atoms with Crippen LogP contribution in [0.25, 0.3) is 10.2 Å². The molecule has 0 saturated carbocycles. The molecule has 23 heavy (non-hydrogen) atoms. The molecule has 3 rings (SSSR count). The topological polar surface area (TPSA) is 36.4 Å². The van der Waals surface area contributed by atoms with E-state index in [4.69, 9.17) is 0 Å². The fourth-order valence-corrected chi connectivity index (χ4v) is 4.21. The lowest BCUT2D eigenvalue weighted by molar-refractivity contribution is -0.132. The highest BCUT2D eigenvalue weighted by Crippen LogP contribution is 2.23. The van der Waals surface area contributed by atoms with Crippen LogP contribution >= 0.6 is 11.3 Å². The average Bonchev–Trinajstić information content (AvgIpc) is 3.02. The smallest absolute Gasteiger partial charge is 0.222 e. The van der Waals surface area contributed by atoms with Crippen molar-refractivity contribution in [3.8, 4) is 0 Å². The Balaban J connectivity index is 1.52. The lowest BCUT2D eigenvalue weighted by Gasteiger charge is -2.36. The third kappa shape index (κ3) is 3.90. The number of amides is 1. The first kappa shape index (κ1) is 16.4. The minimum absolute atomic E-state index is 0.249. The van der Waals surface area contributed by atoms with Crippen molar-refractivity contribution >= 4 is 27.5 Å². The molecule has 0 aliphatic carbocycles. The molecule has 0 atom stereocenters. The molecule has 1 aromatic carbocycles. The number of nitrogens with zero attached hydrogens (tertiary/aromatic N) is 3. The molecule has 1 saturated heterocycles. The predicted octanol–water partition coefficient (Wildman–Crippen LogP) is 3.17. The summed E-state index contributed by atoms with van der Waals surface area (Å²) in [4.78, 5) is 21.5. The van der Waals surface area contributed by atoms with Crippen molar-refractivity contribution in [2.45, 2.75) is 38.6 Å². The second-order valence-corrected chi connectivity index (χ2v) is 7.36. The molecule has 1 aliphatic heterocycles. The number of fused-ring (bicyclic) bond motifs is 1. The summed E-state index contributed by atoms with van der Waals surface area (Å²) in [7, 11) is 1.97. The summed E-state index contributed by atoms with van der Waals surface area (Å²) in [6.07, 6.45) is 3.50. The minimum Gasteiger partial charge on any atom is -0.343 e. The van der Waals surface area contributed by atoms with Gasteiger partial charge in [0.15, 0.2) is 0 Å². The highest BCUT2D eigenvalue weighted by Gasteiger charge is 2.24. The van der Waals surface area contributed by atoms with E-state index in [1.165, 1.54) is 4.70 Å². The Morgan fingerprint density at radius 2 is 2.09 bits per heavy atom. The van der Waals surface area contributed by atoms with E-state index >= 15 is 0 Å². The van der Waals surface area contributed by atoms with Crippen LogP contribution < -0.4 is 0 Å². The van der Waals surface area contributed by atoms with Crippen molar-refractivity contribution in [2.75, 3.05) is 26.7 Å². The summed E-state index contributed by atoms with van der Waals surface area (Å²) in [5.41, 5.74) is 1.04. The summed E-state index contributed by atoms with van der Waals surface area (Å²) in [6.45, 7) is 5.53. The Hall–Kier alpha value is -1.46. The van der Waals surface area contributed by atoms with Gasteiger partial charge in [-0.2, -0.15) is 0 Å². The van der Waals surface area contributed by atoms with Crippen molar-refractivity contribution in [3.63, 3.8) is 0 Å². The maximum absolute atomic E-state index is 12.5. The van der Waals surface area contributed by atoms with E-state index in [9.17, 15) is 4.79 Å². The molecular formula is C18H25N3OS. The Labute approximate surface area is 142 Å². The van der Waals surface area contributed by atoms with Crippen LogP contribution in [0, 0.1) is 0 Å². The van der Waals surface area contributed by atoms with Gasteiger partial charge in [-0.1, -0.05) is 19.1 Å². The normalized spacial score (nSPS) is 16.8. The number of rotatable bonds is 5. The van der Waals surface area contributed by atoms with Gasteiger partial charge in [0.2, 0.25) is 5.91 Å². The standard InChI is InChI=1S/C18H25N3OS/c1-3-21-12-10-14(11-13-21)20(2)18(22)9-8-17-19-15-6-4-5-7-16(15)23-17/h4-7,14H,3,8-13H2,1-2H3. The van der Waals surface area contributed by atoms with Crippen LogP contribution in [-0.2, 0) is 11.2 Å². The quantitative estimate of drug-likeness (QED) is 0.844. The first-order valence-corrected chi connectivity index (χ1v) is 9.31. The van der Waals surface area contributed by atoms with Crippen molar-refractivity contribution in [3.05, 3.63) is 29.3 Å². The van der Waals surface area contributed by atoms with Crippen molar-refractivity contribution < 1.29 is 4.79 Å². The number of benzene rings is 1. The molecule has 0 bridgehead atoms. The third-order valence-electron chi connectivity index (χ3n) is 4.84. The molecule has 0 spiro atoms. The summed E-state index contributed by atoms with van der Waals surface area (Å²) in [6, 6.07) is 8.57. The van der Waals surface area contributed by atoms with E-state index in [0.29, 0.717) is 12.5 Å². The number of aryl methyl sites for hydroxylation is 1. The van der Waals surface area contributed by atoms with Crippen molar-refractivity contribution in [1.82, 2.24) is 14.8 Å². The molecule has 1 fully saturated rings. The molecule has 0 radical (unpaired) electrons. The van der Waals surface area contributed by atoms with Gasteiger partial charge in [0.05, 0.1) is 15.2 Å². The van der Waals surface area contributed by atoms with E-state index in [1.54, 1.807) is 11.3 Å². The van der Waals surface area contributed by atoms with Gasteiger partial charge >= 0.3 is 0 Å². The zero-order valence-electron chi connectivity index (χ0n) is 14.0. The first-order chi connectivity index (χ1) is 11.2. The molecule has 2 heterocycles. The Morgan fingerprint density at radius 1 is 1.35 bits per heavy atom. The fraction of sp³-hybridized carbons (Fsp3) is 0.556. The average molecular weight is 331 g/mol. The third-order valence-corrected chi connectivity index (χ3v) is 5.93. The molecule has 1 aliphatic rings. The first-order valence-electron chi connectivity index (χ1n) is 8.50. The van der Waals surface area contributed by atoms with Gasteiger partial charge in [0, 0.05) is 39.0 Å². The second-order valence-electron chi connectivity index (χ2n) is 6.25. The zero-order chi connectivity index (χ0) is 16.2. The molecule has 124 valence electrons. The van der Waals surface area contributed by atoms with Gasteiger partial charge in [0.25, 0.3) is 0 Å². The van der Waals surface area contributed by atoms with E-state index in [0.717, 1.165) is 49.4 Å². The number of thiazole rings is 1. The number of aromatic nitrogens is 1. The van der Waals surface area contributed by atoms with E-state index in [2.05, 4.69) is 22.9 Å². The number of hydrogen-bond acceptors (Lipinski definition) is 4. The molecule has 0 unspecified atom stereocenters. The predicted molar refractivity (Wildman–Crippen MR) is 95.8 cm³/mol.